The van der Waals surface area contributed by atoms with Gasteiger partial charge in [0.1, 0.15) is 17.5 Å². The average Bonchev–Trinajstić information content (AvgIpc) is 3.08. The van der Waals surface area contributed by atoms with Gasteiger partial charge in [-0.25, -0.2) is 0 Å². The Morgan fingerprint density at radius 2 is 1.48 bits per heavy atom. The standard InChI is InChI=1S/C38H34F3N3O6/c1-24-18-19-44(23-27-14-16-30(17-15-27)50-38(39,40)41)37(48)35(24)43-36(47)32(20-25-10-12-26(13-11-25)21-34(46)49-2)42-33(45)22-29-8-5-7-28-6-3-4-9-31(28)29/h3-19,32H,20-23H2,1-2H3,(H,42,45)(H,43,47)/t32-/m0/s1. The van der Waals surface area contributed by atoms with Gasteiger partial charge in [-0.3, -0.25) is 19.2 Å². The van der Waals surface area contributed by atoms with Gasteiger partial charge < -0.3 is 24.7 Å². The van der Waals surface area contributed by atoms with Crippen LogP contribution in [0.5, 0.6) is 5.75 Å². The number of benzene rings is 4. The highest BCUT2D eigenvalue weighted by Gasteiger charge is 2.31. The summed E-state index contributed by atoms with van der Waals surface area (Å²) in [5.74, 6) is -1.81. The van der Waals surface area contributed by atoms with Crippen LogP contribution in [0.3, 0.4) is 0 Å². The van der Waals surface area contributed by atoms with E-state index < -0.39 is 41.5 Å². The third kappa shape index (κ3) is 9.37. The molecule has 0 radical (unpaired) electrons. The first kappa shape index (κ1) is 35.4. The number of nitrogens with one attached hydrogen (secondary N) is 2. The van der Waals surface area contributed by atoms with E-state index in [0.29, 0.717) is 22.3 Å². The third-order valence-corrected chi connectivity index (χ3v) is 8.05. The molecule has 4 aromatic carbocycles. The summed E-state index contributed by atoms with van der Waals surface area (Å²) in [6.07, 6.45) is -3.14. The Balaban J connectivity index is 1.37. The fourth-order valence-electron chi connectivity index (χ4n) is 5.49. The molecule has 9 nitrogen and oxygen atoms in total. The summed E-state index contributed by atoms with van der Waals surface area (Å²) < 4.78 is 47.6. The second-order valence-corrected chi connectivity index (χ2v) is 11.7. The fraction of sp³-hybridized carbons (Fsp3) is 0.211. The van der Waals surface area contributed by atoms with Gasteiger partial charge in [-0.1, -0.05) is 78.9 Å². The smallest absolute Gasteiger partial charge is 0.469 e. The van der Waals surface area contributed by atoms with E-state index in [0.717, 1.165) is 28.5 Å². The molecule has 5 aromatic rings. The van der Waals surface area contributed by atoms with Gasteiger partial charge in [0, 0.05) is 12.6 Å². The number of ether oxygens (including phenoxy) is 2. The summed E-state index contributed by atoms with van der Waals surface area (Å²) in [5, 5.41) is 7.44. The number of pyridine rings is 1. The Kier molecular flexibility index (Phi) is 11.0. The number of hydrogen-bond donors (Lipinski definition) is 2. The molecule has 2 N–H and O–H groups in total. The van der Waals surface area contributed by atoms with Gasteiger partial charge in [0.15, 0.2) is 0 Å². The lowest BCUT2D eigenvalue weighted by Crippen LogP contribution is -2.46. The van der Waals surface area contributed by atoms with Crippen LogP contribution >= 0.6 is 0 Å². The number of halogens is 3. The highest BCUT2D eigenvalue weighted by molar-refractivity contribution is 5.98. The van der Waals surface area contributed by atoms with Crippen LogP contribution in [0.25, 0.3) is 10.8 Å². The molecular weight excluding hydrogens is 651 g/mol. The number of amides is 2. The number of rotatable bonds is 12. The van der Waals surface area contributed by atoms with Gasteiger partial charge >= 0.3 is 12.3 Å². The van der Waals surface area contributed by atoms with Crippen molar-refractivity contribution in [2.75, 3.05) is 12.4 Å². The molecular formula is C38H34F3N3O6. The van der Waals surface area contributed by atoms with E-state index >= 15 is 0 Å². The van der Waals surface area contributed by atoms with Crippen LogP contribution in [-0.4, -0.2) is 41.9 Å². The number of alkyl halides is 3. The quantitative estimate of drug-likeness (QED) is 0.159. The lowest BCUT2D eigenvalue weighted by atomic mass is 10.0. The number of carbonyl (C=O) groups excluding carboxylic acids is 3. The van der Waals surface area contributed by atoms with Crippen LogP contribution in [-0.2, 0) is 44.9 Å². The first-order valence-electron chi connectivity index (χ1n) is 15.6. The van der Waals surface area contributed by atoms with Crippen molar-refractivity contribution >= 4 is 34.2 Å². The summed E-state index contributed by atoms with van der Waals surface area (Å²) in [5.41, 5.74) is 2.65. The van der Waals surface area contributed by atoms with Gasteiger partial charge in [0.25, 0.3) is 5.56 Å². The molecule has 0 aliphatic heterocycles. The average molecular weight is 686 g/mol. The minimum absolute atomic E-state index is 0.00347. The Bertz CT molecular complexity index is 2050. The maximum Gasteiger partial charge on any atom is 0.573 e. The number of methoxy groups -OCH3 is 1. The summed E-state index contributed by atoms with van der Waals surface area (Å²) >= 11 is 0. The van der Waals surface area contributed by atoms with Gasteiger partial charge in [0.2, 0.25) is 11.8 Å². The maximum atomic E-state index is 13.9. The molecule has 1 heterocycles. The van der Waals surface area contributed by atoms with Crippen molar-refractivity contribution < 1.29 is 37.0 Å². The molecule has 0 unspecified atom stereocenters. The van der Waals surface area contributed by atoms with Crippen LogP contribution in [0.15, 0.2) is 108 Å². The van der Waals surface area contributed by atoms with Crippen LogP contribution < -0.4 is 20.9 Å². The molecule has 258 valence electrons. The molecule has 0 saturated heterocycles. The van der Waals surface area contributed by atoms with Gasteiger partial charge in [-0.2, -0.15) is 0 Å². The molecule has 50 heavy (non-hydrogen) atoms. The topological polar surface area (TPSA) is 116 Å². The van der Waals surface area contributed by atoms with Gasteiger partial charge in [-0.15, -0.1) is 13.2 Å². The molecule has 0 bridgehead atoms. The molecule has 0 spiro atoms. The highest BCUT2D eigenvalue weighted by atomic mass is 19.4. The number of nitrogens with zero attached hydrogens (tertiary/aromatic N) is 1. The number of esters is 1. The zero-order valence-electron chi connectivity index (χ0n) is 27.3. The number of fused-ring (bicyclic) bond motifs is 1. The number of hydrogen-bond acceptors (Lipinski definition) is 6. The fourth-order valence-corrected chi connectivity index (χ4v) is 5.49. The Morgan fingerprint density at radius 1 is 0.820 bits per heavy atom. The molecule has 1 atom stereocenters. The Morgan fingerprint density at radius 3 is 2.18 bits per heavy atom. The SMILES string of the molecule is COC(=O)Cc1ccc(C[C@H](NC(=O)Cc2cccc3ccccc23)C(=O)Nc2c(C)ccn(Cc3ccc(OC(F)(F)F)cc3)c2=O)cc1. The molecule has 1 aromatic heterocycles. The van der Waals surface area contributed by atoms with E-state index in [9.17, 15) is 32.3 Å². The van der Waals surface area contributed by atoms with Gasteiger partial charge in [0.05, 0.1) is 26.5 Å². The molecule has 12 heteroatoms. The van der Waals surface area contributed by atoms with Crippen molar-refractivity contribution in [1.82, 2.24) is 9.88 Å². The lowest BCUT2D eigenvalue weighted by Gasteiger charge is -2.20. The second kappa shape index (κ2) is 15.5. The van der Waals surface area contributed by atoms with Crippen LogP contribution in [0.2, 0.25) is 0 Å². The third-order valence-electron chi connectivity index (χ3n) is 8.05. The summed E-state index contributed by atoms with van der Waals surface area (Å²) in [6.45, 7) is 1.66. The molecule has 2 amide bonds. The maximum absolute atomic E-state index is 13.9. The first-order chi connectivity index (χ1) is 23.9. The zero-order valence-corrected chi connectivity index (χ0v) is 27.3. The summed E-state index contributed by atoms with van der Waals surface area (Å²) in [6, 6.07) is 26.0. The van der Waals surface area contributed by atoms with Crippen LogP contribution in [0.4, 0.5) is 18.9 Å². The lowest BCUT2D eigenvalue weighted by molar-refractivity contribution is -0.274. The van der Waals surface area contributed by atoms with Crippen molar-refractivity contribution in [3.8, 4) is 5.75 Å². The Labute approximate surface area is 285 Å². The van der Waals surface area contributed by atoms with E-state index in [2.05, 4.69) is 15.4 Å². The van der Waals surface area contributed by atoms with E-state index in [1.54, 1.807) is 37.3 Å². The summed E-state index contributed by atoms with van der Waals surface area (Å²) in [4.78, 5) is 52.5. The number of carbonyl (C=O) groups is 3. The molecule has 0 aliphatic carbocycles. The van der Waals surface area contributed by atoms with Crippen LogP contribution in [0.1, 0.15) is 27.8 Å². The number of aromatic nitrogens is 1. The van der Waals surface area contributed by atoms with Crippen LogP contribution in [0, 0.1) is 6.92 Å². The van der Waals surface area contributed by atoms with Crippen molar-refractivity contribution in [3.05, 3.63) is 141 Å². The minimum Gasteiger partial charge on any atom is -0.469 e. The minimum atomic E-state index is -4.83. The monoisotopic (exact) mass is 685 g/mol. The van der Waals surface area contributed by atoms with E-state index in [4.69, 9.17) is 4.74 Å². The van der Waals surface area contributed by atoms with E-state index in [1.807, 2.05) is 42.5 Å². The predicted octanol–water partition coefficient (Wildman–Crippen LogP) is 5.88. The molecule has 0 aliphatic rings. The van der Waals surface area contributed by atoms with Crippen molar-refractivity contribution in [3.63, 3.8) is 0 Å². The summed E-state index contributed by atoms with van der Waals surface area (Å²) in [7, 11) is 1.30. The normalized spacial score (nSPS) is 11.9. The Hall–Kier alpha value is -5.91. The largest absolute Gasteiger partial charge is 0.573 e. The number of aryl methyl sites for hydroxylation is 1. The molecule has 0 saturated carbocycles. The first-order valence-corrected chi connectivity index (χ1v) is 15.6. The van der Waals surface area contributed by atoms with Crippen molar-refractivity contribution in [2.24, 2.45) is 0 Å². The van der Waals surface area contributed by atoms with Crippen molar-refractivity contribution in [2.45, 2.75) is 45.1 Å². The molecule has 0 fully saturated rings. The second-order valence-electron chi connectivity index (χ2n) is 11.7. The number of anilines is 1. The van der Waals surface area contributed by atoms with E-state index in [-0.39, 0.29) is 31.5 Å². The molecule has 5 rings (SSSR count). The predicted molar refractivity (Wildman–Crippen MR) is 182 cm³/mol. The van der Waals surface area contributed by atoms with Crippen molar-refractivity contribution in [1.29, 1.82) is 0 Å². The van der Waals surface area contributed by atoms with E-state index in [1.165, 1.54) is 30.0 Å². The zero-order chi connectivity index (χ0) is 35.8. The van der Waals surface area contributed by atoms with Gasteiger partial charge in [-0.05, 0) is 63.7 Å². The highest BCUT2D eigenvalue weighted by Crippen LogP contribution is 2.23.